The molecule has 0 aliphatic carbocycles. The summed E-state index contributed by atoms with van der Waals surface area (Å²) >= 11 is 0. The molecule has 0 bridgehead atoms. The summed E-state index contributed by atoms with van der Waals surface area (Å²) < 4.78 is 23.6. The van der Waals surface area contributed by atoms with Crippen LogP contribution < -0.4 is 15.4 Å². The van der Waals surface area contributed by atoms with Crippen molar-refractivity contribution in [3.8, 4) is 11.5 Å². The molecule has 34 heavy (non-hydrogen) atoms. The van der Waals surface area contributed by atoms with Gasteiger partial charge < -0.3 is 20.1 Å². The third-order valence-corrected chi connectivity index (χ3v) is 4.90. The van der Waals surface area contributed by atoms with Gasteiger partial charge >= 0.3 is 5.97 Å². The minimum absolute atomic E-state index is 0.0979. The van der Waals surface area contributed by atoms with Crippen LogP contribution in [0.5, 0.6) is 11.5 Å². The standard InChI is InChI=1S/C26H25FN2O5/c1-17-3-10-23(15-18(17)2)34-22-11-8-21(9-12-22)28-24(30)13-14-26(32)33-16-25(31)29-20-6-4-19(27)5-7-20/h3-12,15H,13-14,16H2,1-2H3,(H,28,30)(H,29,31). The molecule has 0 aliphatic heterocycles. The van der Waals surface area contributed by atoms with E-state index < -0.39 is 24.3 Å². The van der Waals surface area contributed by atoms with Gasteiger partial charge in [-0.3, -0.25) is 14.4 Å². The van der Waals surface area contributed by atoms with Crippen LogP contribution >= 0.6 is 0 Å². The topological polar surface area (TPSA) is 93.7 Å². The molecular weight excluding hydrogens is 439 g/mol. The number of carbonyl (C=O) groups is 3. The Bertz CT molecular complexity index is 1160. The molecule has 2 amide bonds. The molecule has 0 aromatic heterocycles. The van der Waals surface area contributed by atoms with Crippen LogP contribution in [0.15, 0.2) is 66.7 Å². The predicted molar refractivity (Wildman–Crippen MR) is 126 cm³/mol. The Morgan fingerprint density at radius 1 is 0.735 bits per heavy atom. The van der Waals surface area contributed by atoms with Gasteiger partial charge in [0, 0.05) is 17.8 Å². The third kappa shape index (κ3) is 7.74. The van der Waals surface area contributed by atoms with E-state index in [2.05, 4.69) is 10.6 Å². The lowest BCUT2D eigenvalue weighted by molar-refractivity contribution is -0.147. The fraction of sp³-hybridized carbons (Fsp3) is 0.192. The van der Waals surface area contributed by atoms with Crippen molar-refractivity contribution < 1.29 is 28.2 Å². The van der Waals surface area contributed by atoms with Gasteiger partial charge in [0.05, 0.1) is 6.42 Å². The zero-order chi connectivity index (χ0) is 24.5. The largest absolute Gasteiger partial charge is 0.457 e. The van der Waals surface area contributed by atoms with Crippen LogP contribution in [0.4, 0.5) is 15.8 Å². The SMILES string of the molecule is Cc1ccc(Oc2ccc(NC(=O)CCC(=O)OCC(=O)Nc3ccc(F)cc3)cc2)cc1C. The first-order valence-corrected chi connectivity index (χ1v) is 10.6. The van der Waals surface area contributed by atoms with Crippen molar-refractivity contribution in [1.29, 1.82) is 0 Å². The first kappa shape index (κ1) is 24.4. The monoisotopic (exact) mass is 464 g/mol. The van der Waals surface area contributed by atoms with Crippen molar-refractivity contribution in [2.75, 3.05) is 17.2 Å². The summed E-state index contributed by atoms with van der Waals surface area (Å²) in [5.41, 5.74) is 3.26. The molecule has 2 N–H and O–H groups in total. The highest BCUT2D eigenvalue weighted by Crippen LogP contribution is 2.25. The number of halogens is 1. The number of ether oxygens (including phenoxy) is 2. The molecule has 3 aromatic rings. The third-order valence-electron chi connectivity index (χ3n) is 4.90. The Kier molecular flexibility index (Phi) is 8.34. The van der Waals surface area contributed by atoms with Crippen LogP contribution in [0.2, 0.25) is 0 Å². The van der Waals surface area contributed by atoms with E-state index in [0.29, 0.717) is 17.1 Å². The minimum atomic E-state index is -0.679. The van der Waals surface area contributed by atoms with Crippen molar-refractivity contribution in [3.05, 3.63) is 83.7 Å². The number of anilines is 2. The average molecular weight is 464 g/mol. The predicted octanol–water partition coefficient (Wildman–Crippen LogP) is 5.14. The molecule has 0 fully saturated rings. The molecular formula is C26H25FN2O5. The zero-order valence-electron chi connectivity index (χ0n) is 18.9. The lowest BCUT2D eigenvalue weighted by Crippen LogP contribution is -2.21. The molecule has 0 atom stereocenters. The Morgan fingerprint density at radius 2 is 1.32 bits per heavy atom. The number of hydrogen-bond donors (Lipinski definition) is 2. The second kappa shape index (κ2) is 11.6. The quantitative estimate of drug-likeness (QED) is 0.428. The molecule has 0 saturated heterocycles. The normalized spacial score (nSPS) is 10.3. The van der Waals surface area contributed by atoms with Gasteiger partial charge in [-0.1, -0.05) is 6.07 Å². The molecule has 0 spiro atoms. The minimum Gasteiger partial charge on any atom is -0.457 e. The van der Waals surface area contributed by atoms with Crippen LogP contribution in [-0.2, 0) is 19.1 Å². The summed E-state index contributed by atoms with van der Waals surface area (Å²) in [7, 11) is 0. The highest BCUT2D eigenvalue weighted by molar-refractivity contribution is 5.94. The first-order chi connectivity index (χ1) is 16.3. The lowest BCUT2D eigenvalue weighted by atomic mass is 10.1. The Balaban J connectivity index is 1.37. The number of esters is 1. The molecule has 7 nitrogen and oxygen atoms in total. The maximum absolute atomic E-state index is 12.9. The molecule has 0 radical (unpaired) electrons. The molecule has 0 saturated carbocycles. The Morgan fingerprint density at radius 3 is 1.97 bits per heavy atom. The number of benzene rings is 3. The van der Waals surface area contributed by atoms with Gasteiger partial charge in [-0.2, -0.15) is 0 Å². The first-order valence-electron chi connectivity index (χ1n) is 10.6. The van der Waals surface area contributed by atoms with E-state index in [-0.39, 0.29) is 18.7 Å². The van der Waals surface area contributed by atoms with Crippen molar-refractivity contribution in [2.45, 2.75) is 26.7 Å². The molecule has 0 aliphatic rings. The summed E-state index contributed by atoms with van der Waals surface area (Å²) in [6.45, 7) is 3.54. The van der Waals surface area contributed by atoms with E-state index in [9.17, 15) is 18.8 Å². The van der Waals surface area contributed by atoms with Gasteiger partial charge in [-0.15, -0.1) is 0 Å². The van der Waals surface area contributed by atoms with Gasteiger partial charge in [-0.05, 0) is 85.6 Å². The number of amides is 2. The van der Waals surface area contributed by atoms with Crippen LogP contribution in [0, 0.1) is 19.7 Å². The number of aryl methyl sites for hydroxylation is 2. The van der Waals surface area contributed by atoms with Gasteiger partial charge in [0.2, 0.25) is 5.91 Å². The summed E-state index contributed by atoms with van der Waals surface area (Å²) in [4.78, 5) is 35.7. The van der Waals surface area contributed by atoms with Crippen LogP contribution in [-0.4, -0.2) is 24.4 Å². The van der Waals surface area contributed by atoms with E-state index >= 15 is 0 Å². The number of rotatable bonds is 9. The number of carbonyl (C=O) groups excluding carboxylic acids is 3. The highest BCUT2D eigenvalue weighted by Gasteiger charge is 2.11. The molecule has 8 heteroatoms. The van der Waals surface area contributed by atoms with Crippen molar-refractivity contribution >= 4 is 29.2 Å². The average Bonchev–Trinajstić information content (AvgIpc) is 2.81. The number of hydrogen-bond acceptors (Lipinski definition) is 5. The summed E-state index contributed by atoms with van der Waals surface area (Å²) in [5.74, 6) is -0.678. The van der Waals surface area contributed by atoms with Gasteiger partial charge in [0.15, 0.2) is 6.61 Å². The maximum Gasteiger partial charge on any atom is 0.306 e. The van der Waals surface area contributed by atoms with Crippen molar-refractivity contribution in [3.63, 3.8) is 0 Å². The Hall–Kier alpha value is -4.20. The molecule has 0 unspecified atom stereocenters. The Labute approximate surface area is 196 Å². The van der Waals surface area contributed by atoms with E-state index in [1.807, 2.05) is 32.0 Å². The summed E-state index contributed by atoms with van der Waals surface area (Å²) in [6, 6.07) is 17.9. The second-order valence-corrected chi connectivity index (χ2v) is 7.64. The van der Waals surface area contributed by atoms with Crippen LogP contribution in [0.3, 0.4) is 0 Å². The fourth-order valence-electron chi connectivity index (χ4n) is 2.91. The molecule has 3 aromatic carbocycles. The molecule has 0 heterocycles. The highest BCUT2D eigenvalue weighted by atomic mass is 19.1. The smallest absolute Gasteiger partial charge is 0.306 e. The van der Waals surface area contributed by atoms with E-state index in [4.69, 9.17) is 9.47 Å². The van der Waals surface area contributed by atoms with Gasteiger partial charge in [0.1, 0.15) is 17.3 Å². The van der Waals surface area contributed by atoms with Crippen molar-refractivity contribution in [2.24, 2.45) is 0 Å². The zero-order valence-corrected chi connectivity index (χ0v) is 18.9. The van der Waals surface area contributed by atoms with Crippen LogP contribution in [0.1, 0.15) is 24.0 Å². The maximum atomic E-state index is 12.9. The van der Waals surface area contributed by atoms with Crippen LogP contribution in [0.25, 0.3) is 0 Å². The number of nitrogens with one attached hydrogen (secondary N) is 2. The lowest BCUT2D eigenvalue weighted by Gasteiger charge is -2.10. The van der Waals surface area contributed by atoms with E-state index in [1.54, 1.807) is 24.3 Å². The van der Waals surface area contributed by atoms with E-state index in [0.717, 1.165) is 11.3 Å². The fourth-order valence-corrected chi connectivity index (χ4v) is 2.91. The van der Waals surface area contributed by atoms with E-state index in [1.165, 1.54) is 29.8 Å². The molecule has 176 valence electrons. The van der Waals surface area contributed by atoms with Crippen molar-refractivity contribution in [1.82, 2.24) is 0 Å². The second-order valence-electron chi connectivity index (χ2n) is 7.64. The van der Waals surface area contributed by atoms with Gasteiger partial charge in [-0.25, -0.2) is 4.39 Å². The molecule has 3 rings (SSSR count). The summed E-state index contributed by atoms with van der Waals surface area (Å²) in [6.07, 6.45) is -0.275. The van der Waals surface area contributed by atoms with Gasteiger partial charge in [0.25, 0.3) is 5.91 Å². The summed E-state index contributed by atoms with van der Waals surface area (Å²) in [5, 5.41) is 5.17.